The molecule has 1 aliphatic rings. The Morgan fingerprint density at radius 1 is 1.16 bits per heavy atom. The van der Waals surface area contributed by atoms with Gasteiger partial charge in [-0.1, -0.05) is 24.3 Å². The van der Waals surface area contributed by atoms with Gasteiger partial charge in [-0.3, -0.25) is 4.79 Å². The molecule has 0 radical (unpaired) electrons. The van der Waals surface area contributed by atoms with Gasteiger partial charge in [-0.05, 0) is 25.0 Å². The van der Waals surface area contributed by atoms with Gasteiger partial charge >= 0.3 is 0 Å². The van der Waals surface area contributed by atoms with Crippen molar-refractivity contribution in [3.63, 3.8) is 0 Å². The molecule has 4 nitrogen and oxygen atoms in total. The number of amides is 1. The Morgan fingerprint density at radius 3 is 2.42 bits per heavy atom. The molecule has 2 rings (SSSR count). The molecule has 0 heterocycles. The summed E-state index contributed by atoms with van der Waals surface area (Å²) in [5.74, 6) is -3.89. The van der Waals surface area contributed by atoms with Crippen molar-refractivity contribution < 1.29 is 19.1 Å². The average molecular weight is 262 g/mol. The van der Waals surface area contributed by atoms with Gasteiger partial charge in [0.15, 0.2) is 0 Å². The highest BCUT2D eigenvalue weighted by Gasteiger charge is 2.30. The first kappa shape index (κ1) is 13.3. The van der Waals surface area contributed by atoms with Crippen molar-refractivity contribution in [3.8, 4) is 0 Å². The summed E-state index contributed by atoms with van der Waals surface area (Å²) >= 11 is 0. The van der Waals surface area contributed by atoms with E-state index in [1.807, 2.05) is 0 Å². The first-order chi connectivity index (χ1) is 9.09. The van der Waals surface area contributed by atoms with Crippen molar-refractivity contribution in [1.29, 1.82) is 0 Å². The molecule has 0 spiro atoms. The maximum Gasteiger partial charge on any atom is 0.228 e. The molecule has 1 aliphatic carbocycles. The van der Waals surface area contributed by atoms with Crippen LogP contribution in [-0.2, 0) is 9.59 Å². The first-order valence-electron chi connectivity index (χ1n) is 6.01. The van der Waals surface area contributed by atoms with Crippen LogP contribution in [0, 0.1) is 17.7 Å². The number of allylic oxidation sites excluding steroid dienone is 2. The Hall–Kier alpha value is -2.17. The van der Waals surface area contributed by atoms with Crippen LogP contribution in [0.2, 0.25) is 0 Å². The van der Waals surface area contributed by atoms with Crippen LogP contribution in [0.1, 0.15) is 12.8 Å². The summed E-state index contributed by atoms with van der Waals surface area (Å²) in [7, 11) is 0. The number of carbonyl (C=O) groups excluding carboxylic acids is 2. The van der Waals surface area contributed by atoms with E-state index >= 15 is 0 Å². The second kappa shape index (κ2) is 5.65. The maximum absolute atomic E-state index is 13.4. The molecule has 0 aliphatic heterocycles. The van der Waals surface area contributed by atoms with Crippen LogP contribution < -0.4 is 10.4 Å². The van der Waals surface area contributed by atoms with Crippen molar-refractivity contribution in [2.75, 3.05) is 5.32 Å². The second-order valence-electron chi connectivity index (χ2n) is 4.44. The molecule has 1 amide bonds. The number of carbonyl (C=O) groups is 2. The van der Waals surface area contributed by atoms with Crippen LogP contribution in [0.4, 0.5) is 10.1 Å². The Bertz CT molecular complexity index is 527. The highest BCUT2D eigenvalue weighted by molar-refractivity contribution is 5.95. The van der Waals surface area contributed by atoms with E-state index in [1.54, 1.807) is 18.2 Å². The minimum absolute atomic E-state index is 0.0548. The van der Waals surface area contributed by atoms with Crippen LogP contribution in [0.15, 0.2) is 36.4 Å². The molecule has 19 heavy (non-hydrogen) atoms. The van der Waals surface area contributed by atoms with E-state index in [1.165, 1.54) is 18.2 Å². The van der Waals surface area contributed by atoms with Crippen LogP contribution in [0.25, 0.3) is 0 Å². The zero-order valence-corrected chi connectivity index (χ0v) is 10.1. The highest BCUT2D eigenvalue weighted by Crippen LogP contribution is 2.27. The number of rotatable bonds is 3. The summed E-state index contributed by atoms with van der Waals surface area (Å²) in [6.07, 6.45) is 4.05. The average Bonchev–Trinajstić information content (AvgIpc) is 2.41. The summed E-state index contributed by atoms with van der Waals surface area (Å²) in [4.78, 5) is 23.0. The molecule has 1 aromatic rings. The van der Waals surface area contributed by atoms with Gasteiger partial charge in [0.2, 0.25) is 5.91 Å². The topological polar surface area (TPSA) is 69.2 Å². The van der Waals surface area contributed by atoms with Crippen LogP contribution in [0.5, 0.6) is 0 Å². The molecule has 0 fully saturated rings. The Morgan fingerprint density at radius 2 is 1.79 bits per heavy atom. The largest absolute Gasteiger partial charge is 0.550 e. The summed E-state index contributed by atoms with van der Waals surface area (Å²) in [5, 5.41) is 13.4. The minimum Gasteiger partial charge on any atom is -0.550 e. The summed E-state index contributed by atoms with van der Waals surface area (Å²) < 4.78 is 13.4. The first-order valence-corrected chi connectivity index (χ1v) is 6.01. The van der Waals surface area contributed by atoms with E-state index in [9.17, 15) is 19.1 Å². The smallest absolute Gasteiger partial charge is 0.228 e. The number of halogens is 1. The van der Waals surface area contributed by atoms with E-state index in [-0.39, 0.29) is 12.1 Å². The normalized spacial score (nSPS) is 21.9. The molecule has 0 bridgehead atoms. The zero-order valence-electron chi connectivity index (χ0n) is 10.1. The molecule has 0 aromatic heterocycles. The van der Waals surface area contributed by atoms with Gasteiger partial charge in [0.1, 0.15) is 5.82 Å². The van der Waals surface area contributed by atoms with Gasteiger partial charge in [0, 0.05) is 11.9 Å². The minimum atomic E-state index is -1.25. The van der Waals surface area contributed by atoms with Crippen molar-refractivity contribution in [1.82, 2.24) is 0 Å². The lowest BCUT2D eigenvalue weighted by molar-refractivity contribution is -0.313. The number of carboxylic acids is 1. The Balaban J connectivity index is 2.13. The van der Waals surface area contributed by atoms with Gasteiger partial charge in [-0.15, -0.1) is 0 Å². The van der Waals surface area contributed by atoms with Crippen LogP contribution in [0.3, 0.4) is 0 Å². The molecule has 2 unspecified atom stereocenters. The number of benzene rings is 1. The standard InChI is InChI=1S/C14H14FNO3/c15-11-7-3-4-8-12(11)16-13(17)9-5-1-2-6-10(9)14(18)19/h1-4,7-10H,5-6H2,(H,16,17)(H,18,19)/p-1. The molecule has 2 atom stereocenters. The lowest BCUT2D eigenvalue weighted by Crippen LogP contribution is -2.41. The monoisotopic (exact) mass is 262 g/mol. The molecule has 1 aromatic carbocycles. The third kappa shape index (κ3) is 2.99. The molecule has 0 saturated carbocycles. The molecule has 1 N–H and O–H groups in total. The van der Waals surface area contributed by atoms with Crippen LogP contribution >= 0.6 is 0 Å². The third-order valence-electron chi connectivity index (χ3n) is 3.20. The number of nitrogens with one attached hydrogen (secondary N) is 1. The van der Waals surface area contributed by atoms with Crippen LogP contribution in [-0.4, -0.2) is 11.9 Å². The Kier molecular flexibility index (Phi) is 3.94. The number of para-hydroxylation sites is 1. The predicted octanol–water partition coefficient (Wildman–Crippen LogP) is 1.10. The van der Waals surface area contributed by atoms with E-state index in [0.29, 0.717) is 6.42 Å². The highest BCUT2D eigenvalue weighted by atomic mass is 19.1. The van der Waals surface area contributed by atoms with Gasteiger partial charge in [-0.2, -0.15) is 0 Å². The van der Waals surface area contributed by atoms with Crippen molar-refractivity contribution in [3.05, 3.63) is 42.2 Å². The van der Waals surface area contributed by atoms with Gasteiger partial charge < -0.3 is 15.2 Å². The third-order valence-corrected chi connectivity index (χ3v) is 3.20. The van der Waals surface area contributed by atoms with E-state index in [0.717, 1.165) is 0 Å². The Labute approximate surface area is 109 Å². The molecule has 0 saturated heterocycles. The fourth-order valence-corrected chi connectivity index (χ4v) is 2.15. The van der Waals surface area contributed by atoms with Gasteiger partial charge in [0.05, 0.1) is 11.6 Å². The van der Waals surface area contributed by atoms with E-state index in [2.05, 4.69) is 5.32 Å². The lowest BCUT2D eigenvalue weighted by Gasteiger charge is -2.28. The molecular formula is C14H13FNO3-. The predicted molar refractivity (Wildman–Crippen MR) is 65.4 cm³/mol. The van der Waals surface area contributed by atoms with E-state index in [4.69, 9.17) is 0 Å². The van der Waals surface area contributed by atoms with Gasteiger partial charge in [0.25, 0.3) is 0 Å². The molecule has 5 heteroatoms. The van der Waals surface area contributed by atoms with Crippen molar-refractivity contribution in [2.24, 2.45) is 11.8 Å². The summed E-state index contributed by atoms with van der Waals surface area (Å²) in [6.45, 7) is 0. The second-order valence-corrected chi connectivity index (χ2v) is 4.44. The number of carboxylic acid groups (broad SMARTS) is 1. The fourth-order valence-electron chi connectivity index (χ4n) is 2.15. The number of hydrogen-bond acceptors (Lipinski definition) is 3. The van der Waals surface area contributed by atoms with E-state index < -0.39 is 29.5 Å². The van der Waals surface area contributed by atoms with Crippen molar-refractivity contribution >= 4 is 17.6 Å². The quantitative estimate of drug-likeness (QED) is 0.829. The summed E-state index contributed by atoms with van der Waals surface area (Å²) in [5.41, 5.74) is 0.0548. The number of hydrogen-bond donors (Lipinski definition) is 1. The summed E-state index contributed by atoms with van der Waals surface area (Å²) in [6, 6.07) is 5.76. The lowest BCUT2D eigenvalue weighted by atomic mass is 9.82. The SMILES string of the molecule is O=C([O-])C1CC=CCC1C(=O)Nc1ccccc1F. The van der Waals surface area contributed by atoms with Gasteiger partial charge in [-0.25, -0.2) is 4.39 Å². The maximum atomic E-state index is 13.4. The molecular weight excluding hydrogens is 249 g/mol. The molecule has 100 valence electrons. The number of anilines is 1. The van der Waals surface area contributed by atoms with Crippen molar-refractivity contribution in [2.45, 2.75) is 12.8 Å². The zero-order chi connectivity index (χ0) is 13.8. The number of aliphatic carboxylic acids is 1. The fraction of sp³-hybridized carbons (Fsp3) is 0.286.